The monoisotopic (exact) mass is 309 g/mol. The lowest BCUT2D eigenvalue weighted by Crippen LogP contribution is -2.36. The highest BCUT2D eigenvalue weighted by atomic mass is 19.3. The summed E-state index contributed by atoms with van der Waals surface area (Å²) in [5.74, 6) is -0.783. The van der Waals surface area contributed by atoms with Crippen LogP contribution in [0.5, 0.6) is 0 Å². The number of rotatable bonds is 4. The van der Waals surface area contributed by atoms with Crippen LogP contribution in [0.25, 0.3) is 11.0 Å². The third kappa shape index (κ3) is 2.81. The summed E-state index contributed by atoms with van der Waals surface area (Å²) in [7, 11) is 0. The molecule has 1 aromatic heterocycles. The molecule has 1 N–H and O–H groups in total. The van der Waals surface area contributed by atoms with Gasteiger partial charge in [-0.3, -0.25) is 14.3 Å². The predicted molar refractivity (Wildman–Crippen MR) is 76.6 cm³/mol. The first-order valence-corrected chi connectivity index (χ1v) is 7.25. The Labute approximate surface area is 126 Å². The number of halogens is 2. The van der Waals surface area contributed by atoms with Gasteiger partial charge in [0.2, 0.25) is 0 Å². The molecule has 0 spiro atoms. The minimum atomic E-state index is -2.64. The van der Waals surface area contributed by atoms with Crippen LogP contribution in [0.1, 0.15) is 25.2 Å². The lowest BCUT2D eigenvalue weighted by Gasteiger charge is -2.29. The number of likely N-dealkylation sites (tertiary alicyclic amines) is 1. The molecule has 2 aromatic rings. The molecular weight excluding hydrogens is 292 g/mol. The van der Waals surface area contributed by atoms with Gasteiger partial charge in [-0.15, -0.1) is 0 Å². The molecule has 0 saturated carbocycles. The smallest absolute Gasteiger partial charge is 0.320 e. The number of hydrogen-bond donors (Lipinski definition) is 1. The van der Waals surface area contributed by atoms with Gasteiger partial charge in [0.15, 0.2) is 0 Å². The highest BCUT2D eigenvalue weighted by Crippen LogP contribution is 2.25. The Bertz CT molecular complexity index is 678. The van der Waals surface area contributed by atoms with E-state index >= 15 is 0 Å². The average Bonchev–Trinajstić information content (AvgIpc) is 2.85. The maximum Gasteiger partial charge on any atom is 0.320 e. The number of carboxylic acid groups (broad SMARTS) is 1. The number of aliphatic carboxylic acids is 1. The van der Waals surface area contributed by atoms with E-state index in [9.17, 15) is 13.6 Å². The van der Waals surface area contributed by atoms with E-state index in [4.69, 9.17) is 5.11 Å². The van der Waals surface area contributed by atoms with Crippen molar-refractivity contribution in [3.63, 3.8) is 0 Å². The van der Waals surface area contributed by atoms with E-state index in [1.165, 1.54) is 0 Å². The molecule has 1 aromatic carbocycles. The number of benzene rings is 1. The van der Waals surface area contributed by atoms with Crippen LogP contribution in [-0.2, 0) is 11.3 Å². The van der Waals surface area contributed by atoms with Crippen molar-refractivity contribution in [2.24, 2.45) is 5.92 Å². The number of carbonyl (C=O) groups is 1. The van der Waals surface area contributed by atoms with E-state index in [2.05, 4.69) is 4.98 Å². The zero-order chi connectivity index (χ0) is 15.7. The van der Waals surface area contributed by atoms with Gasteiger partial charge in [0.05, 0.1) is 23.5 Å². The minimum absolute atomic E-state index is 0.311. The van der Waals surface area contributed by atoms with E-state index in [0.29, 0.717) is 49.3 Å². The number of nitrogens with zero attached hydrogens (tertiary/aromatic N) is 3. The minimum Gasteiger partial charge on any atom is -0.481 e. The fourth-order valence-corrected chi connectivity index (χ4v) is 2.96. The second-order valence-corrected chi connectivity index (χ2v) is 5.55. The van der Waals surface area contributed by atoms with Crippen LogP contribution >= 0.6 is 0 Å². The number of para-hydroxylation sites is 2. The van der Waals surface area contributed by atoms with Crippen LogP contribution in [0, 0.1) is 5.92 Å². The summed E-state index contributed by atoms with van der Waals surface area (Å²) in [5, 5.41) is 8.99. The molecule has 5 nitrogen and oxygen atoms in total. The largest absolute Gasteiger partial charge is 0.481 e. The molecule has 0 bridgehead atoms. The highest BCUT2D eigenvalue weighted by Gasteiger charge is 2.26. The summed E-state index contributed by atoms with van der Waals surface area (Å²) < 4.78 is 27.6. The molecule has 118 valence electrons. The normalized spacial score (nSPS) is 17.4. The fraction of sp³-hybridized carbons (Fsp3) is 0.467. The van der Waals surface area contributed by atoms with Gasteiger partial charge in [0.25, 0.3) is 0 Å². The molecular formula is C15H17F2N3O2. The van der Waals surface area contributed by atoms with Crippen molar-refractivity contribution in [2.75, 3.05) is 13.1 Å². The maximum atomic E-state index is 13.3. The molecule has 1 aliphatic rings. The van der Waals surface area contributed by atoms with Gasteiger partial charge < -0.3 is 5.11 Å². The van der Waals surface area contributed by atoms with E-state index in [0.717, 1.165) is 4.57 Å². The first kappa shape index (κ1) is 14.9. The summed E-state index contributed by atoms with van der Waals surface area (Å²) in [5.41, 5.74) is 0.978. The standard InChI is InChI=1S/C15H17F2N3O2/c16-15(17)20-12-4-2-1-3-11(12)18-13(20)9-19-7-5-10(6-8-19)14(21)22/h1-4,10,15H,5-9H2,(H,21,22). The molecule has 3 rings (SSSR count). The van der Waals surface area contributed by atoms with Gasteiger partial charge in [0, 0.05) is 0 Å². The molecule has 1 saturated heterocycles. The summed E-state index contributed by atoms with van der Waals surface area (Å²) in [6.45, 7) is -1.16. The van der Waals surface area contributed by atoms with E-state index in [1.54, 1.807) is 24.3 Å². The van der Waals surface area contributed by atoms with Crippen LogP contribution in [0.15, 0.2) is 24.3 Å². The zero-order valence-electron chi connectivity index (χ0n) is 12.0. The molecule has 22 heavy (non-hydrogen) atoms. The van der Waals surface area contributed by atoms with Crippen molar-refractivity contribution < 1.29 is 18.7 Å². The fourth-order valence-electron chi connectivity index (χ4n) is 2.96. The molecule has 0 atom stereocenters. The molecule has 0 unspecified atom stereocenters. The number of hydrogen-bond acceptors (Lipinski definition) is 3. The Morgan fingerprint density at radius 2 is 2.00 bits per heavy atom. The van der Waals surface area contributed by atoms with Crippen LogP contribution in [-0.4, -0.2) is 38.6 Å². The van der Waals surface area contributed by atoms with E-state index in [1.807, 2.05) is 4.90 Å². The first-order chi connectivity index (χ1) is 10.6. The summed E-state index contributed by atoms with van der Waals surface area (Å²) >= 11 is 0. The third-order valence-electron chi connectivity index (χ3n) is 4.17. The average molecular weight is 309 g/mol. The van der Waals surface area contributed by atoms with Gasteiger partial charge >= 0.3 is 12.5 Å². The Hall–Kier alpha value is -2.02. The molecule has 0 aliphatic carbocycles. The van der Waals surface area contributed by atoms with Crippen molar-refractivity contribution in [3.8, 4) is 0 Å². The number of alkyl halides is 2. The maximum absolute atomic E-state index is 13.3. The summed E-state index contributed by atoms with van der Waals surface area (Å²) in [4.78, 5) is 17.2. The second-order valence-electron chi connectivity index (χ2n) is 5.55. The molecule has 2 heterocycles. The van der Waals surface area contributed by atoms with Gasteiger partial charge in [-0.2, -0.15) is 8.78 Å². The quantitative estimate of drug-likeness (QED) is 0.943. The van der Waals surface area contributed by atoms with Gasteiger partial charge in [0.1, 0.15) is 5.82 Å². The Morgan fingerprint density at radius 3 is 2.64 bits per heavy atom. The molecule has 0 radical (unpaired) electrons. The van der Waals surface area contributed by atoms with Gasteiger partial charge in [-0.1, -0.05) is 12.1 Å². The second kappa shape index (κ2) is 6.00. The molecule has 1 aliphatic heterocycles. The third-order valence-corrected chi connectivity index (χ3v) is 4.17. The lowest BCUT2D eigenvalue weighted by molar-refractivity contribution is -0.143. The zero-order valence-corrected chi connectivity index (χ0v) is 12.0. The van der Waals surface area contributed by atoms with Crippen LogP contribution in [0.2, 0.25) is 0 Å². The number of fused-ring (bicyclic) bond motifs is 1. The first-order valence-electron chi connectivity index (χ1n) is 7.25. The number of imidazole rings is 1. The van der Waals surface area contributed by atoms with Gasteiger partial charge in [-0.05, 0) is 38.1 Å². The highest BCUT2D eigenvalue weighted by molar-refractivity contribution is 5.76. The Morgan fingerprint density at radius 1 is 1.32 bits per heavy atom. The van der Waals surface area contributed by atoms with Crippen LogP contribution in [0.4, 0.5) is 8.78 Å². The topological polar surface area (TPSA) is 58.4 Å². The predicted octanol–water partition coefficient (Wildman–Crippen LogP) is 2.73. The number of carboxylic acids is 1. The number of piperidine rings is 1. The lowest BCUT2D eigenvalue weighted by atomic mass is 9.97. The van der Waals surface area contributed by atoms with Crippen molar-refractivity contribution in [1.29, 1.82) is 0 Å². The Kier molecular flexibility index (Phi) is 4.06. The van der Waals surface area contributed by atoms with Crippen molar-refractivity contribution in [3.05, 3.63) is 30.1 Å². The van der Waals surface area contributed by atoms with E-state index < -0.39 is 12.5 Å². The Balaban J connectivity index is 1.79. The molecule has 0 amide bonds. The van der Waals surface area contributed by atoms with Crippen LogP contribution in [0.3, 0.4) is 0 Å². The molecule has 1 fully saturated rings. The number of aromatic nitrogens is 2. The summed E-state index contributed by atoms with van der Waals surface area (Å²) in [6, 6.07) is 6.83. The van der Waals surface area contributed by atoms with Gasteiger partial charge in [-0.25, -0.2) is 4.98 Å². The molecule has 7 heteroatoms. The van der Waals surface area contributed by atoms with Crippen LogP contribution < -0.4 is 0 Å². The van der Waals surface area contributed by atoms with Crippen molar-refractivity contribution in [2.45, 2.75) is 25.9 Å². The SMILES string of the molecule is O=C(O)C1CCN(Cc2nc3ccccc3n2C(F)F)CC1. The summed E-state index contributed by atoms with van der Waals surface area (Å²) in [6.07, 6.45) is 1.09. The van der Waals surface area contributed by atoms with Crippen molar-refractivity contribution >= 4 is 17.0 Å². The van der Waals surface area contributed by atoms with Crippen molar-refractivity contribution in [1.82, 2.24) is 14.5 Å². The van der Waals surface area contributed by atoms with E-state index in [-0.39, 0.29) is 5.92 Å².